The Bertz CT molecular complexity index is 532. The van der Waals surface area contributed by atoms with E-state index in [0.717, 1.165) is 12.8 Å². The van der Waals surface area contributed by atoms with Gasteiger partial charge in [0, 0.05) is 0 Å². The van der Waals surface area contributed by atoms with E-state index >= 15 is 0 Å². The highest BCUT2D eigenvalue weighted by Crippen LogP contribution is 2.80. The minimum Gasteiger partial charge on any atom is -0.366 e. The van der Waals surface area contributed by atoms with Crippen molar-refractivity contribution in [2.24, 2.45) is 11.8 Å². The van der Waals surface area contributed by atoms with Crippen molar-refractivity contribution in [1.29, 1.82) is 0 Å². The molecule has 0 unspecified atom stereocenters. The summed E-state index contributed by atoms with van der Waals surface area (Å²) in [7, 11) is 0. The van der Waals surface area contributed by atoms with E-state index in [4.69, 9.17) is 74.3 Å². The second-order valence-electron chi connectivity index (χ2n) is 6.20. The Kier molecular flexibility index (Phi) is 2.59. The summed E-state index contributed by atoms with van der Waals surface area (Å²) < 4.78 is 4.34. The van der Waals surface area contributed by atoms with Crippen molar-refractivity contribution in [3.63, 3.8) is 0 Å². The summed E-state index contributed by atoms with van der Waals surface area (Å²) in [5.41, 5.74) is -0.145. The van der Waals surface area contributed by atoms with Crippen LogP contribution in [0, 0.1) is 11.8 Å². The van der Waals surface area contributed by atoms with E-state index in [1.165, 1.54) is 0 Å². The van der Waals surface area contributed by atoms with Crippen LogP contribution in [-0.2, 0) is 4.74 Å². The van der Waals surface area contributed by atoms with E-state index in [1.807, 2.05) is 0 Å². The second-order valence-corrected chi connectivity index (χ2v) is 9.47. The molecule has 1 saturated heterocycles. The number of halogens is 6. The molecule has 6 atom stereocenters. The molecule has 1 heterocycles. The number of ether oxygens (including phenoxy) is 1. The third-order valence-electron chi connectivity index (χ3n) is 5.38. The van der Waals surface area contributed by atoms with Gasteiger partial charge in [-0.15, -0.1) is 23.2 Å². The van der Waals surface area contributed by atoms with Crippen LogP contribution in [0.3, 0.4) is 0 Å². The summed E-state index contributed by atoms with van der Waals surface area (Å²) in [4.78, 5) is -2.24. The number of hydrogen-bond donors (Lipinski definition) is 0. The highest BCUT2D eigenvalue weighted by Gasteiger charge is 2.84. The normalized spacial score (nSPS) is 61.1. The molecule has 4 rings (SSSR count). The Balaban J connectivity index is 1.92. The molecule has 2 bridgehead atoms. The standard InChI is InChI=1S/C12H10Cl6O/c1-9-3-5-4(2-6(9)19-9)10(15)7(13)8(14)11(5,16)12(10,17)18/h4-6H,2-3H2,1H3/t4-,5+,6+,9-,10+,11-/m1/s1. The molecule has 0 radical (unpaired) electrons. The van der Waals surface area contributed by atoms with Gasteiger partial charge in [0.2, 0.25) is 0 Å². The van der Waals surface area contributed by atoms with Gasteiger partial charge in [-0.1, -0.05) is 46.4 Å². The predicted octanol–water partition coefficient (Wildman–Crippen LogP) is 5.02. The quantitative estimate of drug-likeness (QED) is 0.423. The van der Waals surface area contributed by atoms with E-state index in [-0.39, 0.29) is 23.5 Å². The number of allylic oxidation sites excluding steroid dienone is 2. The molecule has 0 aromatic carbocycles. The lowest BCUT2D eigenvalue weighted by Gasteiger charge is -2.40. The zero-order valence-electron chi connectivity index (χ0n) is 9.82. The number of rotatable bonds is 0. The molecule has 7 heteroatoms. The molecule has 0 amide bonds. The van der Waals surface area contributed by atoms with Crippen LogP contribution >= 0.6 is 69.6 Å². The van der Waals surface area contributed by atoms with Crippen LogP contribution < -0.4 is 0 Å². The minimum absolute atomic E-state index is 0.0164. The van der Waals surface area contributed by atoms with Gasteiger partial charge in [-0.2, -0.15) is 0 Å². The van der Waals surface area contributed by atoms with Crippen LogP contribution in [0.5, 0.6) is 0 Å². The maximum Gasteiger partial charge on any atom is 0.166 e. The van der Waals surface area contributed by atoms with Crippen molar-refractivity contribution in [1.82, 2.24) is 0 Å². The summed E-state index contributed by atoms with van der Waals surface area (Å²) >= 11 is 39.2. The fraction of sp³-hybridized carbons (Fsp3) is 0.833. The zero-order chi connectivity index (χ0) is 14.0. The summed E-state index contributed by atoms with van der Waals surface area (Å²) in [5.74, 6) is -0.0438. The zero-order valence-corrected chi connectivity index (χ0v) is 14.4. The predicted molar refractivity (Wildman–Crippen MR) is 79.8 cm³/mol. The van der Waals surface area contributed by atoms with Gasteiger partial charge >= 0.3 is 0 Å². The van der Waals surface area contributed by atoms with Gasteiger partial charge in [-0.3, -0.25) is 0 Å². The Morgan fingerprint density at radius 2 is 1.53 bits per heavy atom. The van der Waals surface area contributed by atoms with Crippen molar-refractivity contribution in [2.45, 2.75) is 45.6 Å². The highest BCUT2D eigenvalue weighted by atomic mass is 35.5. The van der Waals surface area contributed by atoms with Crippen LogP contribution in [0.15, 0.2) is 10.1 Å². The Hall–Kier alpha value is 1.44. The molecule has 106 valence electrons. The fourth-order valence-corrected chi connectivity index (χ4v) is 7.35. The molecule has 1 aliphatic heterocycles. The van der Waals surface area contributed by atoms with Crippen molar-refractivity contribution in [2.75, 3.05) is 0 Å². The first-order chi connectivity index (χ1) is 8.60. The Morgan fingerprint density at radius 1 is 1.00 bits per heavy atom. The van der Waals surface area contributed by atoms with Crippen molar-refractivity contribution in [3.05, 3.63) is 10.1 Å². The molecule has 19 heavy (non-hydrogen) atoms. The largest absolute Gasteiger partial charge is 0.366 e. The van der Waals surface area contributed by atoms with Gasteiger partial charge in [-0.25, -0.2) is 0 Å². The average molecular weight is 383 g/mol. The topological polar surface area (TPSA) is 12.5 Å². The van der Waals surface area contributed by atoms with Crippen molar-refractivity contribution in [3.8, 4) is 0 Å². The summed E-state index contributed by atoms with van der Waals surface area (Å²) in [5, 5.41) is 0.584. The van der Waals surface area contributed by atoms with Crippen LogP contribution in [-0.4, -0.2) is 25.8 Å². The van der Waals surface area contributed by atoms with Crippen LogP contribution in [0.1, 0.15) is 19.8 Å². The van der Waals surface area contributed by atoms with Crippen LogP contribution in [0.25, 0.3) is 0 Å². The molecule has 0 aromatic heterocycles. The number of hydrogen-bond acceptors (Lipinski definition) is 1. The van der Waals surface area contributed by atoms with Gasteiger partial charge in [-0.05, 0) is 31.6 Å². The number of fused-ring (bicyclic) bond motifs is 6. The SMILES string of the molecule is C[C@@]12C[C@H]3[C@@H](C[C@@H]1O2)[C@]1(Cl)C(Cl)=C(Cl)[C@@]3(Cl)C1(Cl)Cl. The summed E-state index contributed by atoms with van der Waals surface area (Å²) in [6.07, 6.45) is 1.71. The maximum atomic E-state index is 6.76. The first kappa shape index (κ1) is 14.1. The molecular weight excluding hydrogens is 373 g/mol. The molecule has 0 N–H and O–H groups in total. The number of epoxide rings is 1. The summed E-state index contributed by atoms with van der Waals surface area (Å²) in [6.45, 7) is 2.07. The first-order valence-corrected chi connectivity index (χ1v) is 8.37. The Labute approximate surface area is 141 Å². The van der Waals surface area contributed by atoms with Gasteiger partial charge in [0.05, 0.1) is 21.8 Å². The number of alkyl halides is 4. The molecule has 4 aliphatic rings. The van der Waals surface area contributed by atoms with Gasteiger partial charge < -0.3 is 4.74 Å². The maximum absolute atomic E-state index is 6.76. The van der Waals surface area contributed by atoms with E-state index in [1.54, 1.807) is 0 Å². The second kappa shape index (κ2) is 3.50. The monoisotopic (exact) mass is 380 g/mol. The first-order valence-electron chi connectivity index (χ1n) is 6.10. The summed E-state index contributed by atoms with van der Waals surface area (Å²) in [6, 6.07) is 0. The van der Waals surface area contributed by atoms with Gasteiger partial charge in [0.15, 0.2) is 4.33 Å². The van der Waals surface area contributed by atoms with Gasteiger partial charge in [0.25, 0.3) is 0 Å². The van der Waals surface area contributed by atoms with Crippen LogP contribution in [0.4, 0.5) is 0 Å². The molecule has 1 nitrogen and oxygen atoms in total. The fourth-order valence-electron chi connectivity index (χ4n) is 4.25. The molecular formula is C12H10Cl6O. The lowest BCUT2D eigenvalue weighted by Crippen LogP contribution is -2.44. The smallest absolute Gasteiger partial charge is 0.166 e. The molecule has 2 saturated carbocycles. The van der Waals surface area contributed by atoms with Crippen molar-refractivity contribution >= 4 is 69.6 Å². The molecule has 3 aliphatic carbocycles. The van der Waals surface area contributed by atoms with Gasteiger partial charge in [0.1, 0.15) is 9.75 Å². The molecule has 0 spiro atoms. The Morgan fingerprint density at radius 3 is 2.11 bits per heavy atom. The minimum atomic E-state index is -1.40. The van der Waals surface area contributed by atoms with Crippen LogP contribution in [0.2, 0.25) is 0 Å². The lowest BCUT2D eigenvalue weighted by molar-refractivity contribution is 0.220. The van der Waals surface area contributed by atoms with E-state index in [0.29, 0.717) is 10.1 Å². The lowest BCUT2D eigenvalue weighted by atomic mass is 9.69. The third-order valence-corrected chi connectivity index (χ3v) is 9.73. The van der Waals surface area contributed by atoms with E-state index in [9.17, 15) is 0 Å². The molecule has 0 aromatic rings. The van der Waals surface area contributed by atoms with Crippen molar-refractivity contribution < 1.29 is 4.74 Å². The third kappa shape index (κ3) is 1.23. The van der Waals surface area contributed by atoms with E-state index < -0.39 is 14.1 Å². The highest BCUT2D eigenvalue weighted by molar-refractivity contribution is 6.65. The molecule has 3 fully saturated rings. The van der Waals surface area contributed by atoms with E-state index in [2.05, 4.69) is 6.92 Å². The average Bonchev–Trinajstić information content (AvgIpc) is 2.96.